The van der Waals surface area contributed by atoms with Crippen molar-refractivity contribution in [2.24, 2.45) is 0 Å². The first kappa shape index (κ1) is 16.0. The molecular weight excluding hydrogens is 286 g/mol. The van der Waals surface area contributed by atoms with Gasteiger partial charge in [-0.1, -0.05) is 42.5 Å². The van der Waals surface area contributed by atoms with Crippen LogP contribution in [0.4, 0.5) is 0 Å². The topological polar surface area (TPSA) is 32.7 Å². The third kappa shape index (κ3) is 3.92. The van der Waals surface area contributed by atoms with E-state index in [1.165, 1.54) is 11.1 Å². The predicted octanol–water partition coefficient (Wildman–Crippen LogP) is 3.57. The molecule has 122 valence electrons. The van der Waals surface area contributed by atoms with Crippen molar-refractivity contribution in [3.05, 3.63) is 65.2 Å². The van der Waals surface area contributed by atoms with Crippen LogP contribution < -0.4 is 4.74 Å². The van der Waals surface area contributed by atoms with E-state index in [2.05, 4.69) is 29.2 Å². The van der Waals surface area contributed by atoms with Crippen LogP contribution in [0.25, 0.3) is 0 Å². The Balaban J connectivity index is 1.59. The Hall–Kier alpha value is -1.84. The molecular formula is C20H25NO2. The summed E-state index contributed by atoms with van der Waals surface area (Å²) in [4.78, 5) is 2.43. The van der Waals surface area contributed by atoms with Gasteiger partial charge in [0.05, 0.1) is 12.7 Å². The van der Waals surface area contributed by atoms with Crippen LogP contribution in [0.2, 0.25) is 0 Å². The monoisotopic (exact) mass is 311 g/mol. The quantitative estimate of drug-likeness (QED) is 0.885. The van der Waals surface area contributed by atoms with Gasteiger partial charge in [-0.25, -0.2) is 0 Å². The highest BCUT2D eigenvalue weighted by atomic mass is 16.5. The summed E-state index contributed by atoms with van der Waals surface area (Å²) < 4.78 is 5.62. The lowest BCUT2D eigenvalue weighted by Crippen LogP contribution is -2.32. The van der Waals surface area contributed by atoms with Gasteiger partial charge in [-0.2, -0.15) is 0 Å². The van der Waals surface area contributed by atoms with Crippen molar-refractivity contribution in [3.63, 3.8) is 0 Å². The van der Waals surface area contributed by atoms with E-state index in [0.29, 0.717) is 6.61 Å². The van der Waals surface area contributed by atoms with E-state index in [9.17, 15) is 5.11 Å². The Morgan fingerprint density at radius 2 is 1.83 bits per heavy atom. The summed E-state index contributed by atoms with van der Waals surface area (Å²) in [6, 6.07) is 16.4. The fraction of sp³-hybridized carbons (Fsp3) is 0.400. The van der Waals surface area contributed by atoms with E-state index in [4.69, 9.17) is 4.74 Å². The molecule has 1 atom stereocenters. The maximum absolute atomic E-state index is 10.5. The Labute approximate surface area is 138 Å². The fourth-order valence-corrected chi connectivity index (χ4v) is 3.25. The molecule has 1 unspecified atom stereocenters. The lowest BCUT2D eigenvalue weighted by molar-refractivity contribution is 0.134. The number of hydrogen-bond acceptors (Lipinski definition) is 3. The summed E-state index contributed by atoms with van der Waals surface area (Å²) >= 11 is 0. The number of para-hydroxylation sites is 1. The third-order valence-electron chi connectivity index (χ3n) is 4.51. The zero-order valence-corrected chi connectivity index (χ0v) is 13.7. The van der Waals surface area contributed by atoms with E-state index in [1.807, 2.05) is 31.2 Å². The summed E-state index contributed by atoms with van der Waals surface area (Å²) in [6.45, 7) is 5.53. The second-order valence-corrected chi connectivity index (χ2v) is 6.07. The molecule has 1 aliphatic rings. The predicted molar refractivity (Wildman–Crippen MR) is 92.6 cm³/mol. The van der Waals surface area contributed by atoms with Gasteiger partial charge in [0.15, 0.2) is 0 Å². The van der Waals surface area contributed by atoms with E-state index < -0.39 is 6.10 Å². The molecule has 3 rings (SSSR count). The molecule has 1 N–H and O–H groups in total. The zero-order valence-electron chi connectivity index (χ0n) is 13.7. The zero-order chi connectivity index (χ0) is 16.1. The van der Waals surface area contributed by atoms with Crippen LogP contribution in [0.1, 0.15) is 36.1 Å². The number of benzene rings is 2. The van der Waals surface area contributed by atoms with E-state index in [0.717, 1.165) is 43.8 Å². The minimum atomic E-state index is -0.477. The van der Waals surface area contributed by atoms with Crippen molar-refractivity contribution in [3.8, 4) is 5.75 Å². The number of hydrogen-bond donors (Lipinski definition) is 1. The van der Waals surface area contributed by atoms with Gasteiger partial charge in [-0.3, -0.25) is 4.90 Å². The van der Waals surface area contributed by atoms with E-state index >= 15 is 0 Å². The summed E-state index contributed by atoms with van der Waals surface area (Å²) in [5.74, 6) is 0.798. The van der Waals surface area contributed by atoms with Crippen LogP contribution >= 0.6 is 0 Å². The minimum Gasteiger partial charge on any atom is -0.493 e. The third-order valence-corrected chi connectivity index (χ3v) is 4.51. The van der Waals surface area contributed by atoms with Crippen LogP contribution in [0.5, 0.6) is 5.75 Å². The van der Waals surface area contributed by atoms with Crippen LogP contribution in [-0.2, 0) is 13.0 Å². The van der Waals surface area contributed by atoms with Gasteiger partial charge in [0.2, 0.25) is 0 Å². The fourth-order valence-electron chi connectivity index (χ4n) is 3.25. The van der Waals surface area contributed by atoms with Gasteiger partial charge >= 0.3 is 0 Å². The molecule has 1 heterocycles. The second-order valence-electron chi connectivity index (χ2n) is 6.07. The Kier molecular flexibility index (Phi) is 5.31. The number of aliphatic hydroxyl groups excluding tert-OH is 1. The number of fused-ring (bicyclic) bond motifs is 1. The molecule has 0 aliphatic carbocycles. The Morgan fingerprint density at radius 1 is 1.09 bits per heavy atom. The first-order valence-electron chi connectivity index (χ1n) is 8.47. The second kappa shape index (κ2) is 7.62. The molecule has 0 saturated carbocycles. The van der Waals surface area contributed by atoms with Crippen LogP contribution in [-0.4, -0.2) is 29.7 Å². The highest BCUT2D eigenvalue weighted by Crippen LogP contribution is 2.28. The Morgan fingerprint density at radius 3 is 2.65 bits per heavy atom. The van der Waals surface area contributed by atoms with Crippen LogP contribution in [0, 0.1) is 0 Å². The molecule has 0 aromatic heterocycles. The molecule has 3 heteroatoms. The lowest BCUT2D eigenvalue weighted by Gasteiger charge is -2.29. The van der Waals surface area contributed by atoms with Gasteiger partial charge in [-0.05, 0) is 37.0 Å². The molecule has 0 fully saturated rings. The van der Waals surface area contributed by atoms with Crippen molar-refractivity contribution in [2.45, 2.75) is 32.4 Å². The summed E-state index contributed by atoms with van der Waals surface area (Å²) in [7, 11) is 0. The van der Waals surface area contributed by atoms with Gasteiger partial charge < -0.3 is 9.84 Å². The molecule has 0 saturated heterocycles. The van der Waals surface area contributed by atoms with Crippen LogP contribution in [0.3, 0.4) is 0 Å². The molecule has 1 aliphatic heterocycles. The maximum Gasteiger partial charge on any atom is 0.125 e. The molecule has 0 bridgehead atoms. The molecule has 2 aromatic rings. The smallest absolute Gasteiger partial charge is 0.125 e. The highest BCUT2D eigenvalue weighted by molar-refractivity contribution is 5.35. The van der Waals surface area contributed by atoms with Crippen LogP contribution in [0.15, 0.2) is 48.5 Å². The first-order chi connectivity index (χ1) is 11.3. The van der Waals surface area contributed by atoms with Crippen molar-refractivity contribution < 1.29 is 9.84 Å². The van der Waals surface area contributed by atoms with Crippen molar-refractivity contribution in [1.29, 1.82) is 0 Å². The Bertz CT molecular complexity index is 641. The number of ether oxygens (including phenoxy) is 1. The van der Waals surface area contributed by atoms with Crippen molar-refractivity contribution >= 4 is 0 Å². The average molecular weight is 311 g/mol. The van der Waals surface area contributed by atoms with Gasteiger partial charge in [0, 0.05) is 25.2 Å². The molecule has 0 amide bonds. The minimum absolute atomic E-state index is 0.477. The summed E-state index contributed by atoms with van der Waals surface area (Å²) in [6.07, 6.45) is 1.35. The molecule has 0 radical (unpaired) electrons. The molecule has 0 spiro atoms. The van der Waals surface area contributed by atoms with Gasteiger partial charge in [-0.15, -0.1) is 0 Å². The van der Waals surface area contributed by atoms with Gasteiger partial charge in [0.1, 0.15) is 5.75 Å². The van der Waals surface area contributed by atoms with Crippen molar-refractivity contribution in [2.75, 3.05) is 19.7 Å². The number of rotatable bonds is 6. The number of nitrogens with zero attached hydrogens (tertiary/aromatic N) is 1. The summed E-state index contributed by atoms with van der Waals surface area (Å²) in [5, 5.41) is 10.5. The van der Waals surface area contributed by atoms with E-state index in [-0.39, 0.29) is 0 Å². The molecule has 2 aromatic carbocycles. The molecule has 3 nitrogen and oxygen atoms in total. The highest BCUT2D eigenvalue weighted by Gasteiger charge is 2.18. The molecule has 23 heavy (non-hydrogen) atoms. The van der Waals surface area contributed by atoms with E-state index in [1.54, 1.807) is 0 Å². The maximum atomic E-state index is 10.5. The average Bonchev–Trinajstić information content (AvgIpc) is 2.60. The van der Waals surface area contributed by atoms with Gasteiger partial charge in [0.25, 0.3) is 0 Å². The lowest BCUT2D eigenvalue weighted by atomic mass is 9.99. The standard InChI is InChI=1S/C20H25NO2/c1-2-23-20-10-6-5-9-18(20)19(22)12-14-21-13-11-16-7-3-4-8-17(16)15-21/h3-10,19,22H,2,11-15H2,1H3. The summed E-state index contributed by atoms with van der Waals surface area (Å²) in [5.41, 5.74) is 3.78. The first-order valence-corrected chi connectivity index (χ1v) is 8.47. The number of aliphatic hydroxyl groups is 1. The SMILES string of the molecule is CCOc1ccccc1C(O)CCN1CCc2ccccc2C1. The normalized spacial score (nSPS) is 15.9. The van der Waals surface area contributed by atoms with Crippen molar-refractivity contribution in [1.82, 2.24) is 4.90 Å². The largest absolute Gasteiger partial charge is 0.493 e.